The number of alkyl halides is 3. The zero-order chi connectivity index (χ0) is 25.4. The van der Waals surface area contributed by atoms with E-state index in [1.165, 1.54) is 48.6 Å². The SMILES string of the molecule is COCCN(CC(=O)N(Cc1ccc(F)cc1)Cc1ccco1)C(=O)c1cccc(C(F)(F)F)c1. The van der Waals surface area contributed by atoms with E-state index >= 15 is 0 Å². The summed E-state index contributed by atoms with van der Waals surface area (Å²) in [5.74, 6) is -1.13. The second-order valence-corrected chi connectivity index (χ2v) is 7.75. The van der Waals surface area contributed by atoms with Crippen LogP contribution in [0.3, 0.4) is 0 Å². The van der Waals surface area contributed by atoms with Crippen LogP contribution in [0.5, 0.6) is 0 Å². The summed E-state index contributed by atoms with van der Waals surface area (Å²) in [7, 11) is 1.41. The Bertz CT molecular complexity index is 1120. The third-order valence-electron chi connectivity index (χ3n) is 5.18. The number of rotatable bonds is 10. The van der Waals surface area contributed by atoms with Gasteiger partial charge in [0.05, 0.1) is 25.0 Å². The van der Waals surface area contributed by atoms with Gasteiger partial charge in [0.1, 0.15) is 18.1 Å². The zero-order valence-electron chi connectivity index (χ0n) is 18.9. The van der Waals surface area contributed by atoms with Gasteiger partial charge >= 0.3 is 6.18 Å². The van der Waals surface area contributed by atoms with Crippen molar-refractivity contribution in [3.05, 3.63) is 95.2 Å². The molecule has 0 atom stereocenters. The van der Waals surface area contributed by atoms with Crippen LogP contribution in [0.1, 0.15) is 27.2 Å². The summed E-state index contributed by atoms with van der Waals surface area (Å²) in [5.41, 5.74) is -0.504. The molecule has 0 aliphatic rings. The van der Waals surface area contributed by atoms with Gasteiger partial charge in [0.15, 0.2) is 0 Å². The number of methoxy groups -OCH3 is 1. The summed E-state index contributed by atoms with van der Waals surface area (Å²) < 4.78 is 63.0. The van der Waals surface area contributed by atoms with Crippen LogP contribution < -0.4 is 0 Å². The van der Waals surface area contributed by atoms with Gasteiger partial charge in [0.2, 0.25) is 5.91 Å². The quantitative estimate of drug-likeness (QED) is 0.383. The fraction of sp³-hybridized carbons (Fsp3) is 0.280. The fourth-order valence-electron chi connectivity index (χ4n) is 3.36. The number of carbonyl (C=O) groups is 2. The molecular formula is C25H24F4N2O4. The fourth-order valence-corrected chi connectivity index (χ4v) is 3.36. The van der Waals surface area contributed by atoms with Gasteiger partial charge in [-0.25, -0.2) is 4.39 Å². The molecule has 0 radical (unpaired) electrons. The Labute approximate surface area is 199 Å². The Hall–Kier alpha value is -3.66. The Morgan fingerprint density at radius 1 is 0.971 bits per heavy atom. The summed E-state index contributed by atoms with van der Waals surface area (Å²) in [4.78, 5) is 28.9. The van der Waals surface area contributed by atoms with Gasteiger partial charge in [-0.3, -0.25) is 9.59 Å². The standard InChI is InChI=1S/C25H24F4N2O4/c1-34-13-11-30(24(33)19-4-2-5-20(14-19)25(27,28)29)17-23(32)31(16-22-6-3-12-35-22)15-18-7-9-21(26)10-8-18/h2-10,12,14H,11,13,15-17H2,1H3. The number of hydrogen-bond donors (Lipinski definition) is 0. The van der Waals surface area contributed by atoms with Crippen molar-refractivity contribution in [3.8, 4) is 0 Å². The smallest absolute Gasteiger partial charge is 0.416 e. The van der Waals surface area contributed by atoms with Crippen LogP contribution in [-0.2, 0) is 28.8 Å². The molecule has 0 saturated heterocycles. The van der Waals surface area contributed by atoms with E-state index in [2.05, 4.69) is 0 Å². The average molecular weight is 492 g/mol. The molecule has 6 nitrogen and oxygen atoms in total. The molecule has 0 unspecified atom stereocenters. The van der Waals surface area contributed by atoms with Crippen LogP contribution in [0.25, 0.3) is 0 Å². The van der Waals surface area contributed by atoms with Crippen molar-refractivity contribution >= 4 is 11.8 Å². The molecule has 2 amide bonds. The van der Waals surface area contributed by atoms with Crippen molar-refractivity contribution in [2.24, 2.45) is 0 Å². The Morgan fingerprint density at radius 2 is 1.71 bits per heavy atom. The molecule has 10 heteroatoms. The first-order valence-corrected chi connectivity index (χ1v) is 10.7. The van der Waals surface area contributed by atoms with Gasteiger partial charge in [-0.15, -0.1) is 0 Å². The molecule has 0 N–H and O–H groups in total. The highest BCUT2D eigenvalue weighted by molar-refractivity contribution is 5.96. The van der Waals surface area contributed by atoms with Gasteiger partial charge in [-0.2, -0.15) is 13.2 Å². The number of benzene rings is 2. The molecule has 0 aliphatic heterocycles. The van der Waals surface area contributed by atoms with Crippen LogP contribution >= 0.6 is 0 Å². The van der Waals surface area contributed by atoms with Crippen molar-refractivity contribution in [2.75, 3.05) is 26.8 Å². The molecule has 1 aromatic heterocycles. The van der Waals surface area contributed by atoms with Gasteiger partial charge < -0.3 is 19.0 Å². The maximum atomic E-state index is 13.3. The average Bonchev–Trinajstić information content (AvgIpc) is 3.35. The summed E-state index contributed by atoms with van der Waals surface area (Å²) in [6, 6.07) is 13.0. The maximum absolute atomic E-state index is 13.3. The van der Waals surface area contributed by atoms with Crippen molar-refractivity contribution < 1.29 is 36.3 Å². The van der Waals surface area contributed by atoms with Crippen LogP contribution in [0.2, 0.25) is 0 Å². The monoisotopic (exact) mass is 492 g/mol. The Kier molecular flexibility index (Phi) is 8.64. The lowest BCUT2D eigenvalue weighted by Gasteiger charge is -2.27. The summed E-state index contributed by atoms with van der Waals surface area (Å²) in [6.07, 6.45) is -3.16. The molecule has 0 aliphatic carbocycles. The first kappa shape index (κ1) is 26.0. The van der Waals surface area contributed by atoms with Gasteiger partial charge in [-0.05, 0) is 48.0 Å². The molecular weight excluding hydrogens is 468 g/mol. The second kappa shape index (κ2) is 11.7. The van der Waals surface area contributed by atoms with E-state index in [0.29, 0.717) is 11.3 Å². The van der Waals surface area contributed by atoms with Crippen LogP contribution in [-0.4, -0.2) is 48.4 Å². The molecule has 0 bridgehead atoms. The lowest BCUT2D eigenvalue weighted by molar-refractivity contribution is -0.137. The minimum Gasteiger partial charge on any atom is -0.467 e. The van der Waals surface area contributed by atoms with Crippen molar-refractivity contribution in [3.63, 3.8) is 0 Å². The van der Waals surface area contributed by atoms with E-state index in [4.69, 9.17) is 9.15 Å². The summed E-state index contributed by atoms with van der Waals surface area (Å²) >= 11 is 0. The van der Waals surface area contributed by atoms with Crippen molar-refractivity contribution in [2.45, 2.75) is 19.3 Å². The van der Waals surface area contributed by atoms with E-state index in [1.54, 1.807) is 12.1 Å². The molecule has 3 rings (SSSR count). The third kappa shape index (κ3) is 7.41. The van der Waals surface area contributed by atoms with Gasteiger partial charge in [-0.1, -0.05) is 18.2 Å². The Balaban J connectivity index is 1.82. The topological polar surface area (TPSA) is 63.0 Å². The van der Waals surface area contributed by atoms with Gasteiger partial charge in [0, 0.05) is 25.8 Å². The van der Waals surface area contributed by atoms with Crippen LogP contribution in [0.15, 0.2) is 71.3 Å². The lowest BCUT2D eigenvalue weighted by Crippen LogP contribution is -2.43. The molecule has 2 aromatic carbocycles. The second-order valence-electron chi connectivity index (χ2n) is 7.75. The van der Waals surface area contributed by atoms with Gasteiger partial charge in [0.25, 0.3) is 5.91 Å². The normalized spacial score (nSPS) is 11.3. The van der Waals surface area contributed by atoms with Crippen molar-refractivity contribution in [1.82, 2.24) is 9.80 Å². The summed E-state index contributed by atoms with van der Waals surface area (Å²) in [5, 5.41) is 0. The molecule has 35 heavy (non-hydrogen) atoms. The third-order valence-corrected chi connectivity index (χ3v) is 5.18. The van der Waals surface area contributed by atoms with E-state index in [9.17, 15) is 27.2 Å². The number of nitrogens with zero attached hydrogens (tertiary/aromatic N) is 2. The van der Waals surface area contributed by atoms with E-state index in [1.807, 2.05) is 0 Å². The number of amides is 2. The highest BCUT2D eigenvalue weighted by atomic mass is 19.4. The maximum Gasteiger partial charge on any atom is 0.416 e. The number of hydrogen-bond acceptors (Lipinski definition) is 4. The highest BCUT2D eigenvalue weighted by Crippen LogP contribution is 2.29. The number of halogens is 4. The highest BCUT2D eigenvalue weighted by Gasteiger charge is 2.31. The molecule has 0 spiro atoms. The summed E-state index contributed by atoms with van der Waals surface area (Å²) in [6.45, 7) is -0.147. The van der Waals surface area contributed by atoms with E-state index < -0.39 is 35.9 Å². The first-order valence-electron chi connectivity index (χ1n) is 10.7. The molecule has 186 valence electrons. The minimum absolute atomic E-state index is 0.0114. The van der Waals surface area contributed by atoms with Crippen LogP contribution in [0, 0.1) is 5.82 Å². The predicted molar refractivity (Wildman–Crippen MR) is 119 cm³/mol. The van der Waals surface area contributed by atoms with Crippen LogP contribution in [0.4, 0.5) is 17.6 Å². The zero-order valence-corrected chi connectivity index (χ0v) is 18.9. The Morgan fingerprint density at radius 3 is 2.34 bits per heavy atom. The lowest BCUT2D eigenvalue weighted by atomic mass is 10.1. The predicted octanol–water partition coefficient (Wildman–Crippen LogP) is 4.76. The number of carbonyl (C=O) groups excluding carboxylic acids is 2. The van der Waals surface area contributed by atoms with Crippen molar-refractivity contribution in [1.29, 1.82) is 0 Å². The molecule has 0 fully saturated rings. The minimum atomic E-state index is -4.61. The van der Waals surface area contributed by atoms with E-state index in [0.717, 1.165) is 23.1 Å². The molecule has 0 saturated carbocycles. The number of furan rings is 1. The molecule has 1 heterocycles. The molecule has 3 aromatic rings. The largest absolute Gasteiger partial charge is 0.467 e. The first-order chi connectivity index (χ1) is 16.7. The number of ether oxygens (including phenoxy) is 1. The van der Waals surface area contributed by atoms with E-state index in [-0.39, 0.29) is 31.8 Å².